The summed E-state index contributed by atoms with van der Waals surface area (Å²) in [6, 6.07) is 16.4. The van der Waals surface area contributed by atoms with E-state index in [1.54, 1.807) is 68.5 Å². The van der Waals surface area contributed by atoms with Crippen molar-refractivity contribution in [3.05, 3.63) is 78.4 Å². The van der Waals surface area contributed by atoms with Gasteiger partial charge in [0.25, 0.3) is 5.91 Å². The van der Waals surface area contributed by atoms with Crippen molar-refractivity contribution >= 4 is 33.4 Å². The summed E-state index contributed by atoms with van der Waals surface area (Å²) in [5.74, 6) is 1.41. The lowest BCUT2D eigenvalue weighted by Gasteiger charge is -2.12. The molecular weight excluding hydrogens is 451 g/mol. The van der Waals surface area contributed by atoms with Gasteiger partial charge < -0.3 is 19.5 Å². The second-order valence-electron chi connectivity index (χ2n) is 7.75. The fourth-order valence-electron chi connectivity index (χ4n) is 3.89. The highest BCUT2D eigenvalue weighted by atomic mass is 19.1. The first-order valence-electron chi connectivity index (χ1n) is 10.7. The van der Waals surface area contributed by atoms with Crippen LogP contribution in [0.5, 0.6) is 23.0 Å². The molecule has 0 atom stereocenters. The number of fused-ring (bicyclic) bond motifs is 2. The van der Waals surface area contributed by atoms with Gasteiger partial charge in [-0.1, -0.05) is 6.07 Å². The molecule has 2 aromatic heterocycles. The number of benzene rings is 3. The van der Waals surface area contributed by atoms with Gasteiger partial charge >= 0.3 is 0 Å². The Morgan fingerprint density at radius 3 is 2.51 bits per heavy atom. The number of hydrogen-bond donors (Lipinski definition) is 1. The Bertz CT molecular complexity index is 1580. The number of nitrogens with zero attached hydrogens (tertiary/aromatic N) is 3. The van der Waals surface area contributed by atoms with Crippen molar-refractivity contribution in [3.8, 4) is 23.0 Å². The number of rotatable bonds is 6. The largest absolute Gasteiger partial charge is 0.493 e. The standard InChI is InChI=1S/C26H21FN4O4/c1-31-21-12-17(35-22-9-10-28-20-14-24(34-3)23(33-2)13-19(20)22)7-8-18(21)25(30-31)26(32)29-16-6-4-5-15(27)11-16/h4-14H,1-3H3,(H,29,32). The molecule has 0 aliphatic carbocycles. The number of ether oxygens (including phenoxy) is 3. The van der Waals surface area contributed by atoms with Gasteiger partial charge in [-0.3, -0.25) is 14.5 Å². The molecule has 0 bridgehead atoms. The van der Waals surface area contributed by atoms with Crippen LogP contribution in [0.25, 0.3) is 21.8 Å². The van der Waals surface area contributed by atoms with Gasteiger partial charge in [0.2, 0.25) is 0 Å². The van der Waals surface area contributed by atoms with Crippen molar-refractivity contribution in [2.45, 2.75) is 0 Å². The van der Waals surface area contributed by atoms with Gasteiger partial charge in [0.05, 0.1) is 25.3 Å². The Hall–Kier alpha value is -4.66. The normalized spacial score (nSPS) is 11.0. The van der Waals surface area contributed by atoms with Crippen molar-refractivity contribution in [2.24, 2.45) is 7.05 Å². The molecule has 176 valence electrons. The molecule has 0 saturated carbocycles. The molecule has 1 amide bonds. The van der Waals surface area contributed by atoms with Crippen LogP contribution < -0.4 is 19.5 Å². The summed E-state index contributed by atoms with van der Waals surface area (Å²) in [5.41, 5.74) is 1.97. The average Bonchev–Trinajstić information content (AvgIpc) is 3.19. The lowest BCUT2D eigenvalue weighted by atomic mass is 10.1. The quantitative estimate of drug-likeness (QED) is 0.360. The van der Waals surface area contributed by atoms with Crippen LogP contribution >= 0.6 is 0 Å². The Balaban J connectivity index is 1.47. The third kappa shape index (κ3) is 4.19. The number of aryl methyl sites for hydroxylation is 1. The maximum Gasteiger partial charge on any atom is 0.276 e. The summed E-state index contributed by atoms with van der Waals surface area (Å²) in [6.07, 6.45) is 1.65. The topological polar surface area (TPSA) is 87.5 Å². The van der Waals surface area contributed by atoms with Crippen molar-refractivity contribution in [3.63, 3.8) is 0 Å². The van der Waals surface area contributed by atoms with Crippen LogP contribution in [0.4, 0.5) is 10.1 Å². The van der Waals surface area contributed by atoms with Gasteiger partial charge in [-0.2, -0.15) is 5.10 Å². The molecule has 3 aromatic carbocycles. The number of carbonyl (C=O) groups is 1. The van der Waals surface area contributed by atoms with Crippen LogP contribution in [0.15, 0.2) is 66.9 Å². The number of anilines is 1. The molecule has 9 heteroatoms. The first kappa shape index (κ1) is 22.1. The van der Waals surface area contributed by atoms with E-state index in [0.717, 1.165) is 5.39 Å². The highest BCUT2D eigenvalue weighted by Crippen LogP contribution is 2.37. The number of hydrogen-bond acceptors (Lipinski definition) is 6. The highest BCUT2D eigenvalue weighted by Gasteiger charge is 2.18. The van der Waals surface area contributed by atoms with E-state index in [9.17, 15) is 9.18 Å². The zero-order chi connectivity index (χ0) is 24.5. The zero-order valence-corrected chi connectivity index (χ0v) is 19.2. The van der Waals surface area contributed by atoms with Crippen molar-refractivity contribution < 1.29 is 23.4 Å². The van der Waals surface area contributed by atoms with Gasteiger partial charge in [-0.15, -0.1) is 0 Å². The Morgan fingerprint density at radius 2 is 1.74 bits per heavy atom. The predicted molar refractivity (Wildman–Crippen MR) is 130 cm³/mol. The predicted octanol–water partition coefficient (Wildman–Crippen LogP) is 5.32. The number of aromatic nitrogens is 3. The van der Waals surface area contributed by atoms with Crippen molar-refractivity contribution in [2.75, 3.05) is 19.5 Å². The summed E-state index contributed by atoms with van der Waals surface area (Å²) < 4.78 is 32.0. The van der Waals surface area contributed by atoms with E-state index < -0.39 is 11.7 Å². The molecule has 5 aromatic rings. The molecule has 2 heterocycles. The molecule has 0 radical (unpaired) electrons. The van der Waals surface area contributed by atoms with Crippen LogP contribution in [0, 0.1) is 5.82 Å². The molecule has 0 fully saturated rings. The summed E-state index contributed by atoms with van der Waals surface area (Å²) in [6.45, 7) is 0. The second kappa shape index (κ2) is 8.94. The average molecular weight is 472 g/mol. The lowest BCUT2D eigenvalue weighted by molar-refractivity contribution is 0.102. The van der Waals surface area contributed by atoms with Gasteiger partial charge in [0.1, 0.15) is 17.3 Å². The van der Waals surface area contributed by atoms with E-state index in [2.05, 4.69) is 15.4 Å². The number of carbonyl (C=O) groups excluding carboxylic acids is 1. The molecule has 8 nitrogen and oxygen atoms in total. The molecular formula is C26H21FN4O4. The van der Waals surface area contributed by atoms with Crippen molar-refractivity contribution in [1.82, 2.24) is 14.8 Å². The fraction of sp³-hybridized carbons (Fsp3) is 0.115. The van der Waals surface area contributed by atoms with Crippen molar-refractivity contribution in [1.29, 1.82) is 0 Å². The first-order chi connectivity index (χ1) is 17.0. The smallest absolute Gasteiger partial charge is 0.276 e. The number of methoxy groups -OCH3 is 2. The van der Waals surface area contributed by atoms with Crippen LogP contribution in [0.1, 0.15) is 10.5 Å². The summed E-state index contributed by atoms with van der Waals surface area (Å²) >= 11 is 0. The maximum atomic E-state index is 13.5. The molecule has 0 spiro atoms. The number of pyridine rings is 1. The summed E-state index contributed by atoms with van der Waals surface area (Å²) in [4.78, 5) is 17.2. The molecule has 35 heavy (non-hydrogen) atoms. The minimum atomic E-state index is -0.435. The van der Waals surface area contributed by atoms with Gasteiger partial charge in [-0.05, 0) is 42.5 Å². The van der Waals surface area contributed by atoms with E-state index in [0.29, 0.717) is 45.1 Å². The Labute approximate surface area is 199 Å². The second-order valence-corrected chi connectivity index (χ2v) is 7.75. The zero-order valence-electron chi connectivity index (χ0n) is 19.2. The Kier molecular flexibility index (Phi) is 5.66. The number of amides is 1. The maximum absolute atomic E-state index is 13.5. The van der Waals surface area contributed by atoms with E-state index in [-0.39, 0.29) is 5.69 Å². The molecule has 1 N–H and O–H groups in total. The minimum Gasteiger partial charge on any atom is -0.493 e. The molecule has 0 saturated heterocycles. The molecule has 0 unspecified atom stereocenters. The number of halogens is 1. The van der Waals surface area contributed by atoms with Crippen LogP contribution in [-0.2, 0) is 7.05 Å². The van der Waals surface area contributed by atoms with Gasteiger partial charge in [-0.25, -0.2) is 4.39 Å². The van der Waals surface area contributed by atoms with E-state index >= 15 is 0 Å². The van der Waals surface area contributed by atoms with Crippen LogP contribution in [-0.4, -0.2) is 34.9 Å². The lowest BCUT2D eigenvalue weighted by Crippen LogP contribution is -2.13. The summed E-state index contributed by atoms with van der Waals surface area (Å²) in [5, 5.41) is 8.44. The highest BCUT2D eigenvalue weighted by molar-refractivity contribution is 6.11. The minimum absolute atomic E-state index is 0.226. The molecule has 0 aliphatic rings. The summed E-state index contributed by atoms with van der Waals surface area (Å²) in [7, 11) is 4.88. The molecule has 0 aliphatic heterocycles. The van der Waals surface area contributed by atoms with Crippen LogP contribution in [0.2, 0.25) is 0 Å². The number of nitrogens with one attached hydrogen (secondary N) is 1. The Morgan fingerprint density at radius 1 is 0.943 bits per heavy atom. The van der Waals surface area contributed by atoms with Gasteiger partial charge in [0, 0.05) is 41.8 Å². The molecule has 5 rings (SSSR count). The monoisotopic (exact) mass is 472 g/mol. The SMILES string of the molecule is COc1cc2nccc(Oc3ccc4c(C(=O)Nc5cccc(F)c5)nn(C)c4c3)c2cc1OC. The fourth-order valence-corrected chi connectivity index (χ4v) is 3.89. The third-order valence-corrected chi connectivity index (χ3v) is 5.56. The first-order valence-corrected chi connectivity index (χ1v) is 10.7. The van der Waals surface area contributed by atoms with E-state index in [1.807, 2.05) is 6.07 Å². The van der Waals surface area contributed by atoms with E-state index in [4.69, 9.17) is 14.2 Å². The van der Waals surface area contributed by atoms with Crippen LogP contribution in [0.3, 0.4) is 0 Å². The van der Waals surface area contributed by atoms with E-state index in [1.165, 1.54) is 18.2 Å². The third-order valence-electron chi connectivity index (χ3n) is 5.56. The van der Waals surface area contributed by atoms with Gasteiger partial charge in [0.15, 0.2) is 17.2 Å².